The Hall–Kier alpha value is -3.71. The molecular formula is C30H36N6O. The number of piperazine rings is 1. The molecule has 0 aliphatic carbocycles. The van der Waals surface area contributed by atoms with E-state index in [0.717, 1.165) is 72.1 Å². The van der Waals surface area contributed by atoms with E-state index in [1.807, 2.05) is 20.0 Å². The lowest BCUT2D eigenvalue weighted by Gasteiger charge is -2.33. The van der Waals surface area contributed by atoms with Crippen LogP contribution in [0.1, 0.15) is 29.8 Å². The van der Waals surface area contributed by atoms with E-state index < -0.39 is 0 Å². The van der Waals surface area contributed by atoms with Crippen LogP contribution in [0.15, 0.2) is 48.7 Å². The Morgan fingerprint density at radius 1 is 0.838 bits per heavy atom. The highest BCUT2D eigenvalue weighted by Gasteiger charge is 2.17. The van der Waals surface area contributed by atoms with Crippen LogP contribution in [0.4, 0.5) is 5.82 Å². The Kier molecular flexibility index (Phi) is 7.51. The van der Waals surface area contributed by atoms with E-state index in [1.165, 1.54) is 42.4 Å². The number of hydrogen-bond acceptors (Lipinski definition) is 5. The highest BCUT2D eigenvalue weighted by molar-refractivity contribution is 5.93. The number of pyridine rings is 2. The summed E-state index contributed by atoms with van der Waals surface area (Å²) in [5, 5.41) is 4.45. The van der Waals surface area contributed by atoms with Crippen LogP contribution in [-0.4, -0.2) is 65.5 Å². The Labute approximate surface area is 218 Å². The number of aromatic nitrogens is 3. The summed E-state index contributed by atoms with van der Waals surface area (Å²) in [5.41, 5.74) is 8.97. The van der Waals surface area contributed by atoms with Gasteiger partial charge >= 0.3 is 0 Å². The van der Waals surface area contributed by atoms with Crippen molar-refractivity contribution in [3.05, 3.63) is 65.6 Å². The van der Waals surface area contributed by atoms with Gasteiger partial charge in [-0.2, -0.15) is 0 Å². The van der Waals surface area contributed by atoms with E-state index in [-0.39, 0.29) is 0 Å². The average molecular weight is 497 g/mol. The number of anilines is 1. The molecule has 0 spiro atoms. The predicted molar refractivity (Wildman–Crippen MR) is 151 cm³/mol. The maximum atomic E-state index is 10.9. The molecule has 2 saturated heterocycles. The summed E-state index contributed by atoms with van der Waals surface area (Å²) in [5.74, 6) is 0.960. The van der Waals surface area contributed by atoms with Crippen molar-refractivity contribution in [3.8, 4) is 22.4 Å². The molecule has 0 saturated carbocycles. The zero-order valence-corrected chi connectivity index (χ0v) is 22.1. The quantitative estimate of drug-likeness (QED) is 0.395. The summed E-state index contributed by atoms with van der Waals surface area (Å²) in [7, 11) is 0. The third-order valence-corrected chi connectivity index (χ3v) is 7.25. The fourth-order valence-electron chi connectivity index (χ4n) is 5.21. The summed E-state index contributed by atoms with van der Waals surface area (Å²) >= 11 is 0. The first-order valence-corrected chi connectivity index (χ1v) is 13.2. The molecule has 192 valence electrons. The van der Waals surface area contributed by atoms with Gasteiger partial charge in [0.05, 0.1) is 0 Å². The van der Waals surface area contributed by atoms with Crippen LogP contribution < -0.4 is 10.2 Å². The molecule has 1 aromatic carbocycles. The van der Waals surface area contributed by atoms with Gasteiger partial charge in [0.15, 0.2) is 0 Å². The summed E-state index contributed by atoms with van der Waals surface area (Å²) in [6.07, 6.45) is 5.64. The molecule has 5 heterocycles. The maximum Gasteiger partial charge on any atom is 0.209 e. The summed E-state index contributed by atoms with van der Waals surface area (Å²) < 4.78 is 0. The molecule has 2 aliphatic heterocycles. The van der Waals surface area contributed by atoms with Crippen LogP contribution >= 0.6 is 0 Å². The summed E-state index contributed by atoms with van der Waals surface area (Å²) in [6, 6.07) is 15.0. The van der Waals surface area contributed by atoms with Crippen LogP contribution in [0.5, 0.6) is 0 Å². The number of rotatable bonds is 4. The third-order valence-electron chi connectivity index (χ3n) is 7.25. The summed E-state index contributed by atoms with van der Waals surface area (Å²) in [6.45, 7) is 11.9. The third kappa shape index (κ3) is 5.67. The van der Waals surface area contributed by atoms with Crippen molar-refractivity contribution in [3.63, 3.8) is 0 Å². The zero-order valence-electron chi connectivity index (χ0n) is 22.1. The molecule has 0 atom stereocenters. The Bertz CT molecular complexity index is 1340. The number of nitrogens with one attached hydrogen (secondary N) is 2. The topological polar surface area (TPSA) is 77.2 Å². The van der Waals surface area contributed by atoms with E-state index in [1.54, 1.807) is 4.90 Å². The number of carbonyl (C=O) groups excluding carboxylic acids is 1. The molecule has 2 fully saturated rings. The van der Waals surface area contributed by atoms with Gasteiger partial charge in [-0.25, -0.2) is 4.98 Å². The molecule has 2 N–H and O–H groups in total. The Morgan fingerprint density at radius 3 is 2.14 bits per heavy atom. The van der Waals surface area contributed by atoms with Crippen molar-refractivity contribution in [1.82, 2.24) is 25.2 Å². The first kappa shape index (κ1) is 25.0. The lowest BCUT2D eigenvalue weighted by atomic mass is 10.0. The number of H-pyrrole nitrogens is 1. The number of amides is 1. The number of carbonyl (C=O) groups is 1. The van der Waals surface area contributed by atoms with E-state index in [9.17, 15) is 4.79 Å². The highest BCUT2D eigenvalue weighted by Crippen LogP contribution is 2.33. The molecule has 37 heavy (non-hydrogen) atoms. The van der Waals surface area contributed by atoms with Crippen molar-refractivity contribution in [2.75, 3.05) is 44.2 Å². The minimum atomic E-state index is 0.745. The largest absolute Gasteiger partial charge is 0.354 e. The molecule has 0 radical (unpaired) electrons. The van der Waals surface area contributed by atoms with E-state index >= 15 is 0 Å². The van der Waals surface area contributed by atoms with Crippen molar-refractivity contribution in [2.45, 2.75) is 33.6 Å². The molecule has 1 amide bonds. The number of fused-ring (bicyclic) bond motifs is 1. The van der Waals surface area contributed by atoms with Crippen molar-refractivity contribution >= 4 is 23.1 Å². The molecule has 3 aromatic heterocycles. The number of aromatic amines is 1. The van der Waals surface area contributed by atoms with Crippen molar-refractivity contribution in [2.24, 2.45) is 0 Å². The van der Waals surface area contributed by atoms with Crippen LogP contribution in [0.2, 0.25) is 0 Å². The standard InChI is InChI=1S/C26H27N5O.C4H9N/c1-17-12-22(13-18(2)28-17)26-19(3)23-6-4-20(14-24(23)29-26)21-5-7-25(27-15-21)31-10-8-30(16-32)9-11-31;1-2-4-5-3-1/h4-7,12-16,29H,8-11H2,1-3H3;5H,1-4H2. The lowest BCUT2D eigenvalue weighted by Crippen LogP contribution is -2.45. The second-order valence-corrected chi connectivity index (χ2v) is 10.0. The second-order valence-electron chi connectivity index (χ2n) is 10.0. The van der Waals surface area contributed by atoms with Gasteiger partial charge in [-0.15, -0.1) is 0 Å². The molecule has 7 nitrogen and oxygen atoms in total. The van der Waals surface area contributed by atoms with Gasteiger partial charge in [0, 0.05) is 71.5 Å². The zero-order chi connectivity index (χ0) is 25.8. The fraction of sp³-hybridized carbons (Fsp3) is 0.367. The van der Waals surface area contributed by atoms with Crippen LogP contribution in [0.25, 0.3) is 33.3 Å². The fourth-order valence-corrected chi connectivity index (χ4v) is 5.21. The van der Waals surface area contributed by atoms with Gasteiger partial charge < -0.3 is 20.1 Å². The Morgan fingerprint density at radius 2 is 1.54 bits per heavy atom. The van der Waals surface area contributed by atoms with E-state index in [4.69, 9.17) is 4.98 Å². The summed E-state index contributed by atoms with van der Waals surface area (Å²) in [4.78, 5) is 27.8. The minimum absolute atomic E-state index is 0.745. The molecule has 7 heteroatoms. The molecule has 6 rings (SSSR count). The smallest absolute Gasteiger partial charge is 0.209 e. The number of nitrogens with zero attached hydrogens (tertiary/aromatic N) is 4. The molecular weight excluding hydrogens is 460 g/mol. The second kappa shape index (κ2) is 11.1. The predicted octanol–water partition coefficient (Wildman–Crippen LogP) is 4.87. The normalized spacial score (nSPS) is 15.5. The van der Waals surface area contributed by atoms with E-state index in [2.05, 4.69) is 69.6 Å². The van der Waals surface area contributed by atoms with Gasteiger partial charge in [0.25, 0.3) is 0 Å². The highest BCUT2D eigenvalue weighted by atomic mass is 16.1. The van der Waals surface area contributed by atoms with Crippen molar-refractivity contribution in [1.29, 1.82) is 0 Å². The first-order chi connectivity index (χ1) is 18.0. The molecule has 2 aliphatic rings. The van der Waals surface area contributed by atoms with Gasteiger partial charge in [0.2, 0.25) is 6.41 Å². The number of benzene rings is 1. The van der Waals surface area contributed by atoms with Crippen LogP contribution in [0.3, 0.4) is 0 Å². The minimum Gasteiger partial charge on any atom is -0.354 e. The van der Waals surface area contributed by atoms with Gasteiger partial charge in [-0.3, -0.25) is 9.78 Å². The van der Waals surface area contributed by atoms with Gasteiger partial charge in [-0.1, -0.05) is 12.1 Å². The molecule has 0 bridgehead atoms. The number of aryl methyl sites for hydroxylation is 3. The molecule has 4 aromatic rings. The van der Waals surface area contributed by atoms with E-state index in [0.29, 0.717) is 0 Å². The van der Waals surface area contributed by atoms with Gasteiger partial charge in [-0.05, 0) is 88.2 Å². The van der Waals surface area contributed by atoms with Crippen molar-refractivity contribution < 1.29 is 4.79 Å². The first-order valence-electron chi connectivity index (χ1n) is 13.2. The lowest BCUT2D eigenvalue weighted by molar-refractivity contribution is -0.118. The van der Waals surface area contributed by atoms with Crippen LogP contribution in [0, 0.1) is 20.8 Å². The SMILES string of the molecule is C1CCNC1.Cc1cc(-c2[nH]c3cc(-c4ccc(N5CCN(C=O)CC5)nc4)ccc3c2C)cc(C)n1. The average Bonchev–Trinajstić information content (AvgIpc) is 3.61. The Balaban J connectivity index is 0.000000503. The van der Waals surface area contributed by atoms with Gasteiger partial charge in [0.1, 0.15) is 5.82 Å². The monoisotopic (exact) mass is 496 g/mol. The van der Waals surface area contributed by atoms with Crippen LogP contribution in [-0.2, 0) is 4.79 Å². The number of hydrogen-bond donors (Lipinski definition) is 2. The molecule has 0 unspecified atom stereocenters. The maximum absolute atomic E-state index is 10.9.